The van der Waals surface area contributed by atoms with Crippen molar-refractivity contribution in [2.24, 2.45) is 0 Å². The van der Waals surface area contributed by atoms with Gasteiger partial charge in [-0.2, -0.15) is 0 Å². The molecule has 0 saturated carbocycles. The molecule has 0 heterocycles. The van der Waals surface area contributed by atoms with E-state index in [2.05, 4.69) is 6.92 Å². The van der Waals surface area contributed by atoms with Gasteiger partial charge in [0.05, 0.1) is 12.7 Å². The zero-order valence-corrected chi connectivity index (χ0v) is 9.57. The van der Waals surface area contributed by atoms with Crippen molar-refractivity contribution >= 4 is 0 Å². The summed E-state index contributed by atoms with van der Waals surface area (Å²) in [6.45, 7) is 2.76. The van der Waals surface area contributed by atoms with Crippen LogP contribution < -0.4 is 0 Å². The van der Waals surface area contributed by atoms with Crippen LogP contribution in [-0.4, -0.2) is 12.2 Å². The van der Waals surface area contributed by atoms with Crippen LogP contribution in [0.1, 0.15) is 43.4 Å². The zero-order valence-electron chi connectivity index (χ0n) is 9.57. The van der Waals surface area contributed by atoms with Gasteiger partial charge in [0.25, 0.3) is 0 Å². The van der Waals surface area contributed by atoms with Gasteiger partial charge in [-0.3, -0.25) is 0 Å². The Morgan fingerprint density at radius 1 is 1.27 bits per heavy atom. The third-order valence-corrected chi connectivity index (χ3v) is 2.51. The van der Waals surface area contributed by atoms with Crippen LogP contribution in [0.2, 0.25) is 0 Å². The lowest BCUT2D eigenvalue weighted by atomic mass is 10.0. The summed E-state index contributed by atoms with van der Waals surface area (Å²) in [5.41, 5.74) is 2.15. The first-order valence-corrected chi connectivity index (χ1v) is 5.53. The first kappa shape index (κ1) is 12.2. The maximum absolute atomic E-state index is 9.84. The van der Waals surface area contributed by atoms with Gasteiger partial charge >= 0.3 is 0 Å². The molecule has 1 atom stereocenters. The van der Waals surface area contributed by atoms with E-state index in [1.54, 1.807) is 7.11 Å². The molecule has 1 aromatic rings. The summed E-state index contributed by atoms with van der Waals surface area (Å²) in [4.78, 5) is 0. The summed E-state index contributed by atoms with van der Waals surface area (Å²) < 4.78 is 5.03. The van der Waals surface area contributed by atoms with Crippen molar-refractivity contribution in [3.8, 4) is 0 Å². The van der Waals surface area contributed by atoms with Crippen LogP contribution in [0, 0.1) is 0 Å². The van der Waals surface area contributed by atoms with Gasteiger partial charge in [-0.05, 0) is 17.5 Å². The lowest BCUT2D eigenvalue weighted by molar-refractivity contribution is 0.164. The Morgan fingerprint density at radius 2 is 1.93 bits per heavy atom. The van der Waals surface area contributed by atoms with Crippen LogP contribution >= 0.6 is 0 Å². The van der Waals surface area contributed by atoms with E-state index in [1.165, 1.54) is 0 Å². The van der Waals surface area contributed by atoms with Gasteiger partial charge in [0.15, 0.2) is 0 Å². The summed E-state index contributed by atoms with van der Waals surface area (Å²) in [6.07, 6.45) is 2.72. The van der Waals surface area contributed by atoms with Crippen LogP contribution in [0.15, 0.2) is 24.3 Å². The molecule has 1 rings (SSSR count). The fourth-order valence-corrected chi connectivity index (χ4v) is 1.57. The fourth-order valence-electron chi connectivity index (χ4n) is 1.57. The summed E-state index contributed by atoms with van der Waals surface area (Å²) in [5.74, 6) is 0. The third-order valence-electron chi connectivity index (χ3n) is 2.51. The van der Waals surface area contributed by atoms with Crippen LogP contribution in [0.3, 0.4) is 0 Å². The number of unbranched alkanes of at least 4 members (excludes halogenated alkanes) is 1. The lowest BCUT2D eigenvalue weighted by Gasteiger charge is -2.10. The first-order chi connectivity index (χ1) is 7.27. The van der Waals surface area contributed by atoms with Gasteiger partial charge in [-0.15, -0.1) is 0 Å². The SMILES string of the molecule is CCCCC(O)c1ccc(COC)cc1. The Hall–Kier alpha value is -0.860. The highest BCUT2D eigenvalue weighted by Crippen LogP contribution is 2.19. The van der Waals surface area contributed by atoms with E-state index >= 15 is 0 Å². The van der Waals surface area contributed by atoms with E-state index in [4.69, 9.17) is 4.74 Å². The molecule has 2 heteroatoms. The minimum absolute atomic E-state index is 0.318. The molecular formula is C13H20O2. The van der Waals surface area contributed by atoms with Crippen molar-refractivity contribution in [2.45, 2.75) is 38.9 Å². The fraction of sp³-hybridized carbons (Fsp3) is 0.538. The van der Waals surface area contributed by atoms with Gasteiger partial charge in [0.1, 0.15) is 0 Å². The molecule has 1 N–H and O–H groups in total. The van der Waals surface area contributed by atoms with E-state index in [0.717, 1.165) is 30.4 Å². The highest BCUT2D eigenvalue weighted by Gasteiger charge is 2.06. The van der Waals surface area contributed by atoms with Gasteiger partial charge < -0.3 is 9.84 Å². The number of benzene rings is 1. The van der Waals surface area contributed by atoms with E-state index in [-0.39, 0.29) is 6.10 Å². The average Bonchev–Trinajstić information content (AvgIpc) is 2.27. The molecular weight excluding hydrogens is 188 g/mol. The molecule has 0 saturated heterocycles. The Labute approximate surface area is 91.9 Å². The highest BCUT2D eigenvalue weighted by atomic mass is 16.5. The molecule has 0 fully saturated rings. The topological polar surface area (TPSA) is 29.5 Å². The molecule has 0 radical (unpaired) electrons. The zero-order chi connectivity index (χ0) is 11.1. The molecule has 15 heavy (non-hydrogen) atoms. The van der Waals surface area contributed by atoms with E-state index in [1.807, 2.05) is 24.3 Å². The third kappa shape index (κ3) is 4.02. The number of methoxy groups -OCH3 is 1. The summed E-state index contributed by atoms with van der Waals surface area (Å²) in [5, 5.41) is 9.84. The number of ether oxygens (including phenoxy) is 1. The molecule has 0 aliphatic heterocycles. The van der Waals surface area contributed by atoms with Gasteiger partial charge in [0, 0.05) is 7.11 Å². The summed E-state index contributed by atoms with van der Waals surface area (Å²) in [7, 11) is 1.68. The van der Waals surface area contributed by atoms with Crippen LogP contribution in [0.4, 0.5) is 0 Å². The molecule has 0 bridgehead atoms. The minimum Gasteiger partial charge on any atom is -0.388 e. The Bertz CT molecular complexity index is 266. The van der Waals surface area contributed by atoms with Gasteiger partial charge in [-0.1, -0.05) is 44.0 Å². The molecule has 1 unspecified atom stereocenters. The van der Waals surface area contributed by atoms with Gasteiger partial charge in [0.2, 0.25) is 0 Å². The monoisotopic (exact) mass is 208 g/mol. The quantitative estimate of drug-likeness (QED) is 0.778. The van der Waals surface area contributed by atoms with Gasteiger partial charge in [-0.25, -0.2) is 0 Å². The number of rotatable bonds is 6. The van der Waals surface area contributed by atoms with Crippen molar-refractivity contribution < 1.29 is 9.84 Å². The Kier molecular flexibility index (Phi) is 5.37. The minimum atomic E-state index is -0.318. The molecule has 2 nitrogen and oxygen atoms in total. The Morgan fingerprint density at radius 3 is 2.47 bits per heavy atom. The maximum Gasteiger partial charge on any atom is 0.0790 e. The summed E-state index contributed by atoms with van der Waals surface area (Å²) >= 11 is 0. The smallest absolute Gasteiger partial charge is 0.0790 e. The molecule has 0 aliphatic carbocycles. The van der Waals surface area contributed by atoms with Crippen molar-refractivity contribution in [2.75, 3.05) is 7.11 Å². The normalized spacial score (nSPS) is 12.7. The predicted octanol–water partition coefficient (Wildman–Crippen LogP) is 3.06. The van der Waals surface area contributed by atoms with E-state index < -0.39 is 0 Å². The van der Waals surface area contributed by atoms with E-state index in [9.17, 15) is 5.11 Å². The van der Waals surface area contributed by atoms with Crippen molar-refractivity contribution in [3.63, 3.8) is 0 Å². The van der Waals surface area contributed by atoms with Crippen molar-refractivity contribution in [1.82, 2.24) is 0 Å². The second kappa shape index (κ2) is 6.59. The molecule has 0 amide bonds. The molecule has 0 spiro atoms. The first-order valence-electron chi connectivity index (χ1n) is 5.53. The second-order valence-electron chi connectivity index (χ2n) is 3.83. The maximum atomic E-state index is 9.84. The van der Waals surface area contributed by atoms with Crippen LogP contribution in [0.25, 0.3) is 0 Å². The second-order valence-corrected chi connectivity index (χ2v) is 3.83. The van der Waals surface area contributed by atoms with Crippen molar-refractivity contribution in [1.29, 1.82) is 0 Å². The predicted molar refractivity (Wildman–Crippen MR) is 61.6 cm³/mol. The number of hydrogen-bond acceptors (Lipinski definition) is 2. The average molecular weight is 208 g/mol. The number of hydrogen-bond donors (Lipinski definition) is 1. The molecule has 84 valence electrons. The number of aliphatic hydroxyl groups excluding tert-OH is 1. The largest absolute Gasteiger partial charge is 0.388 e. The summed E-state index contributed by atoms with van der Waals surface area (Å²) in [6, 6.07) is 7.98. The molecule has 0 aromatic heterocycles. The van der Waals surface area contributed by atoms with E-state index in [0.29, 0.717) is 6.61 Å². The molecule has 1 aromatic carbocycles. The van der Waals surface area contributed by atoms with Crippen molar-refractivity contribution in [3.05, 3.63) is 35.4 Å². The Balaban J connectivity index is 2.54. The lowest BCUT2D eigenvalue weighted by Crippen LogP contribution is -1.97. The molecule has 0 aliphatic rings. The number of aliphatic hydroxyl groups is 1. The standard InChI is InChI=1S/C13H20O2/c1-3-4-5-13(14)12-8-6-11(7-9-12)10-15-2/h6-9,13-14H,3-5,10H2,1-2H3. The van der Waals surface area contributed by atoms with Crippen LogP contribution in [-0.2, 0) is 11.3 Å². The highest BCUT2D eigenvalue weighted by molar-refractivity contribution is 5.23. The van der Waals surface area contributed by atoms with Crippen LogP contribution in [0.5, 0.6) is 0 Å².